The van der Waals surface area contributed by atoms with Gasteiger partial charge in [0.25, 0.3) is 0 Å². The van der Waals surface area contributed by atoms with E-state index in [1.807, 2.05) is 37.3 Å². The molecule has 0 heterocycles. The summed E-state index contributed by atoms with van der Waals surface area (Å²) >= 11 is 5.11. The monoisotopic (exact) mass is 505 g/mol. The highest BCUT2D eigenvalue weighted by Crippen LogP contribution is 2.15. The van der Waals surface area contributed by atoms with E-state index in [4.69, 9.17) is 17.0 Å². The average Bonchev–Trinajstić information content (AvgIpc) is 2.81. The third kappa shape index (κ3) is 9.98. The lowest BCUT2D eigenvalue weighted by atomic mass is 10.1. The number of thiocarbonyl (C=S) groups is 1. The van der Waals surface area contributed by atoms with Crippen LogP contribution in [0.2, 0.25) is 0 Å². The van der Waals surface area contributed by atoms with E-state index in [1.165, 1.54) is 17.7 Å². The highest BCUT2D eigenvalue weighted by atomic mass is 32.2. The van der Waals surface area contributed by atoms with Crippen LogP contribution in [0.25, 0.3) is 0 Å². The average molecular weight is 506 g/mol. The molecule has 184 valence electrons. The van der Waals surface area contributed by atoms with Crippen LogP contribution >= 0.6 is 12.2 Å². The summed E-state index contributed by atoms with van der Waals surface area (Å²) in [6.07, 6.45) is 2.10. The first-order valence-electron chi connectivity index (χ1n) is 11.1. The van der Waals surface area contributed by atoms with E-state index in [-0.39, 0.29) is 28.9 Å². The van der Waals surface area contributed by atoms with Gasteiger partial charge in [0.2, 0.25) is 15.9 Å². The summed E-state index contributed by atoms with van der Waals surface area (Å²) in [6.45, 7) is 3.99. The molecule has 0 aliphatic rings. The molecule has 0 radical (unpaired) electrons. The normalized spacial score (nSPS) is 11.9. The molecule has 0 aromatic heterocycles. The van der Waals surface area contributed by atoms with E-state index in [1.54, 1.807) is 19.1 Å². The standard InChI is InChI=1S/C24H31N3O5S2/c1-3-18(2)27-34(30,31)21-13-11-20(12-14-21)25-24(33)26-22(28)15-16-23(29)32-17-7-10-19-8-5-4-6-9-19/h4-6,8-9,11-14,18,27H,3,7,10,15-17H2,1-2H3,(H2,25,26,28,33). The fourth-order valence-corrected chi connectivity index (χ4v) is 4.44. The SMILES string of the molecule is CCC(C)NS(=O)(=O)c1ccc(NC(=S)NC(=O)CCC(=O)OCCCc2ccccc2)cc1. The van der Waals surface area contributed by atoms with E-state index in [2.05, 4.69) is 15.4 Å². The molecule has 0 saturated carbocycles. The summed E-state index contributed by atoms with van der Waals surface area (Å²) < 4.78 is 32.4. The highest BCUT2D eigenvalue weighted by Gasteiger charge is 2.16. The van der Waals surface area contributed by atoms with Crippen molar-refractivity contribution in [2.24, 2.45) is 0 Å². The van der Waals surface area contributed by atoms with Crippen LogP contribution in [-0.2, 0) is 30.8 Å². The van der Waals surface area contributed by atoms with Gasteiger partial charge in [-0.2, -0.15) is 0 Å². The molecule has 34 heavy (non-hydrogen) atoms. The van der Waals surface area contributed by atoms with Gasteiger partial charge < -0.3 is 15.4 Å². The molecule has 0 fully saturated rings. The smallest absolute Gasteiger partial charge is 0.306 e. The molecule has 1 amide bonds. The lowest BCUT2D eigenvalue weighted by molar-refractivity contribution is -0.145. The predicted octanol–water partition coefficient (Wildman–Crippen LogP) is 3.53. The number of ether oxygens (including phenoxy) is 1. The quantitative estimate of drug-likeness (QED) is 0.230. The van der Waals surface area contributed by atoms with Crippen molar-refractivity contribution in [2.45, 2.75) is 56.9 Å². The summed E-state index contributed by atoms with van der Waals surface area (Å²) in [7, 11) is -3.60. The van der Waals surface area contributed by atoms with Gasteiger partial charge in [-0.15, -0.1) is 0 Å². The fraction of sp³-hybridized carbons (Fsp3) is 0.375. The van der Waals surface area contributed by atoms with Gasteiger partial charge >= 0.3 is 5.97 Å². The lowest BCUT2D eigenvalue weighted by Gasteiger charge is -2.13. The predicted molar refractivity (Wildman–Crippen MR) is 136 cm³/mol. The number of rotatable bonds is 12. The number of esters is 1. The summed E-state index contributed by atoms with van der Waals surface area (Å²) in [4.78, 5) is 24.0. The van der Waals surface area contributed by atoms with Gasteiger partial charge in [-0.1, -0.05) is 37.3 Å². The van der Waals surface area contributed by atoms with Crippen molar-refractivity contribution in [1.82, 2.24) is 10.0 Å². The summed E-state index contributed by atoms with van der Waals surface area (Å²) in [5.41, 5.74) is 1.70. The second-order valence-corrected chi connectivity index (χ2v) is 9.89. The number of sulfonamides is 1. The Hall–Kier alpha value is -2.82. The Labute approximate surface area is 206 Å². The zero-order chi connectivity index (χ0) is 25.0. The number of anilines is 1. The van der Waals surface area contributed by atoms with Crippen molar-refractivity contribution in [3.05, 3.63) is 60.2 Å². The molecule has 0 saturated heterocycles. The van der Waals surface area contributed by atoms with Crippen LogP contribution in [0, 0.1) is 0 Å². The largest absolute Gasteiger partial charge is 0.466 e. The number of carbonyl (C=O) groups excluding carboxylic acids is 2. The van der Waals surface area contributed by atoms with Crippen LogP contribution in [0.4, 0.5) is 5.69 Å². The molecular weight excluding hydrogens is 474 g/mol. The Morgan fingerprint density at radius 3 is 2.35 bits per heavy atom. The van der Waals surface area contributed by atoms with Crippen LogP contribution in [0.1, 0.15) is 45.1 Å². The van der Waals surface area contributed by atoms with Gasteiger partial charge in [-0.25, -0.2) is 13.1 Å². The number of carbonyl (C=O) groups is 2. The van der Waals surface area contributed by atoms with E-state index in [9.17, 15) is 18.0 Å². The molecule has 2 rings (SSSR count). The minimum atomic E-state index is -3.60. The fourth-order valence-electron chi connectivity index (χ4n) is 2.88. The maximum absolute atomic E-state index is 12.3. The van der Waals surface area contributed by atoms with Crippen molar-refractivity contribution >= 4 is 44.9 Å². The maximum atomic E-state index is 12.3. The Morgan fingerprint density at radius 2 is 1.71 bits per heavy atom. The number of amides is 1. The van der Waals surface area contributed by atoms with Gasteiger partial charge in [0, 0.05) is 18.2 Å². The topological polar surface area (TPSA) is 114 Å². The van der Waals surface area contributed by atoms with Crippen molar-refractivity contribution < 1.29 is 22.7 Å². The van der Waals surface area contributed by atoms with Crippen molar-refractivity contribution in [3.63, 3.8) is 0 Å². The Morgan fingerprint density at radius 1 is 1.03 bits per heavy atom. The van der Waals surface area contributed by atoms with Gasteiger partial charge in [0.05, 0.1) is 17.9 Å². The van der Waals surface area contributed by atoms with Gasteiger partial charge in [-0.05, 0) is 68.2 Å². The summed E-state index contributed by atoms with van der Waals surface area (Å²) in [6, 6.07) is 15.7. The molecule has 8 nitrogen and oxygen atoms in total. The van der Waals surface area contributed by atoms with E-state index in [0.717, 1.165) is 6.42 Å². The summed E-state index contributed by atoms with van der Waals surface area (Å²) in [5.74, 6) is -0.861. The number of aryl methyl sites for hydroxylation is 1. The first kappa shape index (κ1) is 27.4. The van der Waals surface area contributed by atoms with Crippen LogP contribution in [0.3, 0.4) is 0 Å². The van der Waals surface area contributed by atoms with Gasteiger partial charge in [0.15, 0.2) is 5.11 Å². The Balaban J connectivity index is 1.68. The van der Waals surface area contributed by atoms with Gasteiger partial charge in [-0.3, -0.25) is 9.59 Å². The first-order chi connectivity index (χ1) is 16.2. The van der Waals surface area contributed by atoms with E-state index >= 15 is 0 Å². The van der Waals surface area contributed by atoms with Crippen molar-refractivity contribution in [3.8, 4) is 0 Å². The number of hydrogen-bond acceptors (Lipinski definition) is 6. The molecule has 1 atom stereocenters. The molecule has 0 bridgehead atoms. The molecule has 0 aliphatic carbocycles. The van der Waals surface area contributed by atoms with E-state index < -0.39 is 21.9 Å². The minimum absolute atomic E-state index is 0.0461. The van der Waals surface area contributed by atoms with Crippen molar-refractivity contribution in [2.75, 3.05) is 11.9 Å². The minimum Gasteiger partial charge on any atom is -0.466 e. The molecule has 1 unspecified atom stereocenters. The van der Waals surface area contributed by atoms with Gasteiger partial charge in [0.1, 0.15) is 0 Å². The molecule has 0 aliphatic heterocycles. The lowest BCUT2D eigenvalue weighted by Crippen LogP contribution is -2.34. The summed E-state index contributed by atoms with van der Waals surface area (Å²) in [5, 5.41) is 5.36. The zero-order valence-corrected chi connectivity index (χ0v) is 21.0. The molecular formula is C24H31N3O5S2. The number of hydrogen-bond donors (Lipinski definition) is 3. The third-order valence-corrected chi connectivity index (χ3v) is 6.73. The van der Waals surface area contributed by atoms with Crippen LogP contribution < -0.4 is 15.4 Å². The van der Waals surface area contributed by atoms with Crippen LogP contribution in [0.15, 0.2) is 59.5 Å². The molecule has 0 spiro atoms. The Kier molecular flexibility index (Phi) is 11.1. The molecule has 2 aromatic rings. The second-order valence-electron chi connectivity index (χ2n) is 7.77. The second kappa shape index (κ2) is 13.8. The zero-order valence-electron chi connectivity index (χ0n) is 19.4. The third-order valence-electron chi connectivity index (χ3n) is 4.92. The number of benzene rings is 2. The first-order valence-corrected chi connectivity index (χ1v) is 13.0. The highest BCUT2D eigenvalue weighted by molar-refractivity contribution is 7.89. The Bertz CT molecular complexity index is 1060. The number of nitrogens with one attached hydrogen (secondary N) is 3. The van der Waals surface area contributed by atoms with E-state index in [0.29, 0.717) is 25.1 Å². The maximum Gasteiger partial charge on any atom is 0.306 e. The van der Waals surface area contributed by atoms with Crippen molar-refractivity contribution in [1.29, 1.82) is 0 Å². The molecule has 3 N–H and O–H groups in total. The molecule has 2 aromatic carbocycles. The van der Waals surface area contributed by atoms with Crippen LogP contribution in [0.5, 0.6) is 0 Å². The molecule has 10 heteroatoms. The van der Waals surface area contributed by atoms with Crippen LogP contribution in [-0.4, -0.2) is 38.1 Å².